The first-order valence-corrected chi connectivity index (χ1v) is 10.9. The van der Waals surface area contributed by atoms with Gasteiger partial charge in [0, 0.05) is 42.6 Å². The average Bonchev–Trinajstić information content (AvgIpc) is 3.11. The Bertz CT molecular complexity index is 1030. The third-order valence-electron chi connectivity index (χ3n) is 6.02. The van der Waals surface area contributed by atoms with Crippen LogP contribution in [0.25, 0.3) is 16.9 Å². The van der Waals surface area contributed by atoms with Gasteiger partial charge in [0.15, 0.2) is 0 Å². The third kappa shape index (κ3) is 4.03. The minimum absolute atomic E-state index is 0.115. The van der Waals surface area contributed by atoms with Crippen LogP contribution in [0, 0.1) is 13.8 Å². The smallest absolute Gasteiger partial charge is 0.255 e. The lowest BCUT2D eigenvalue weighted by Crippen LogP contribution is -2.48. The maximum Gasteiger partial charge on any atom is 0.255 e. The lowest BCUT2D eigenvalue weighted by Gasteiger charge is -2.34. The van der Waals surface area contributed by atoms with Gasteiger partial charge in [-0.05, 0) is 56.3 Å². The topological polar surface area (TPSA) is 28.5 Å². The number of hydrogen-bond donors (Lipinski definition) is 0. The average molecular weight is 422 g/mol. The van der Waals surface area contributed by atoms with Crippen LogP contribution in [-0.4, -0.2) is 53.0 Å². The molecule has 0 spiro atoms. The molecule has 3 aromatic rings. The predicted octanol–water partition coefficient (Wildman–Crippen LogP) is 5.19. The number of benzene rings is 2. The zero-order valence-electron chi connectivity index (χ0n) is 17.9. The Labute approximate surface area is 183 Å². The molecular weight excluding hydrogens is 394 g/mol. The number of hydrogen-bond acceptors (Lipinski definition) is 2. The van der Waals surface area contributed by atoms with Crippen molar-refractivity contribution in [1.29, 1.82) is 0 Å². The van der Waals surface area contributed by atoms with Crippen molar-refractivity contribution in [3.8, 4) is 16.9 Å². The Hall–Kier alpha value is -2.56. The van der Waals surface area contributed by atoms with Crippen LogP contribution in [0.5, 0.6) is 0 Å². The molecule has 0 radical (unpaired) electrons. The van der Waals surface area contributed by atoms with Gasteiger partial charge in [-0.1, -0.05) is 48.4 Å². The largest absolute Gasteiger partial charge is 0.336 e. The Kier molecular flexibility index (Phi) is 5.98. The number of piperazine rings is 1. The summed E-state index contributed by atoms with van der Waals surface area (Å²) in [6.07, 6.45) is 0. The summed E-state index contributed by atoms with van der Waals surface area (Å²) in [5.41, 5.74) is 6.04. The minimum Gasteiger partial charge on any atom is -0.336 e. The quantitative estimate of drug-likeness (QED) is 0.579. The van der Waals surface area contributed by atoms with Crippen LogP contribution in [0.3, 0.4) is 0 Å². The molecular formula is C25H28ClN3O. The van der Waals surface area contributed by atoms with E-state index in [1.54, 1.807) is 0 Å². The molecule has 0 unspecified atom stereocenters. The van der Waals surface area contributed by atoms with E-state index in [0.717, 1.165) is 60.9 Å². The molecule has 1 aliphatic heterocycles. The second-order valence-electron chi connectivity index (χ2n) is 7.93. The van der Waals surface area contributed by atoms with Crippen molar-refractivity contribution in [1.82, 2.24) is 14.4 Å². The van der Waals surface area contributed by atoms with E-state index in [2.05, 4.69) is 47.6 Å². The van der Waals surface area contributed by atoms with E-state index in [0.29, 0.717) is 5.02 Å². The molecule has 30 heavy (non-hydrogen) atoms. The van der Waals surface area contributed by atoms with Crippen molar-refractivity contribution in [3.05, 3.63) is 76.4 Å². The van der Waals surface area contributed by atoms with Crippen molar-refractivity contribution in [3.63, 3.8) is 0 Å². The molecule has 1 amide bonds. The first-order chi connectivity index (χ1) is 14.5. The number of amides is 1. The SMILES string of the molecule is CCN1CCN(C(=O)c2cc(-c3ccc(Cl)cc3)n(-c3ccc(C)cc3)c2C)CC1. The monoisotopic (exact) mass is 421 g/mol. The van der Waals surface area contributed by atoms with Gasteiger partial charge in [0.2, 0.25) is 0 Å². The summed E-state index contributed by atoms with van der Waals surface area (Å²) in [5.74, 6) is 0.115. The first kappa shape index (κ1) is 20.7. The van der Waals surface area contributed by atoms with Crippen LogP contribution in [0.1, 0.15) is 28.5 Å². The molecule has 1 fully saturated rings. The summed E-state index contributed by atoms with van der Waals surface area (Å²) in [7, 11) is 0. The molecule has 0 bridgehead atoms. The van der Waals surface area contributed by atoms with E-state index < -0.39 is 0 Å². The highest BCUT2D eigenvalue weighted by atomic mass is 35.5. The number of aromatic nitrogens is 1. The molecule has 2 aromatic carbocycles. The summed E-state index contributed by atoms with van der Waals surface area (Å²) >= 11 is 6.11. The van der Waals surface area contributed by atoms with Crippen LogP contribution < -0.4 is 0 Å². The van der Waals surface area contributed by atoms with Crippen LogP contribution in [0.15, 0.2) is 54.6 Å². The highest BCUT2D eigenvalue weighted by Crippen LogP contribution is 2.31. The molecule has 4 rings (SSSR count). The van der Waals surface area contributed by atoms with Crippen LogP contribution in [-0.2, 0) is 0 Å². The van der Waals surface area contributed by atoms with Gasteiger partial charge in [-0.2, -0.15) is 0 Å². The van der Waals surface area contributed by atoms with Gasteiger partial charge in [0.05, 0.1) is 11.3 Å². The minimum atomic E-state index is 0.115. The summed E-state index contributed by atoms with van der Waals surface area (Å²) in [4.78, 5) is 17.8. The maximum absolute atomic E-state index is 13.4. The number of nitrogens with zero attached hydrogens (tertiary/aromatic N) is 3. The fourth-order valence-corrected chi connectivity index (χ4v) is 4.25. The van der Waals surface area contributed by atoms with Crippen molar-refractivity contribution in [2.45, 2.75) is 20.8 Å². The summed E-state index contributed by atoms with van der Waals surface area (Å²) < 4.78 is 2.18. The van der Waals surface area contributed by atoms with Gasteiger partial charge in [-0.25, -0.2) is 0 Å². The number of carbonyl (C=O) groups excluding carboxylic acids is 1. The normalized spacial score (nSPS) is 14.9. The molecule has 4 nitrogen and oxygen atoms in total. The second kappa shape index (κ2) is 8.66. The molecule has 0 atom stereocenters. The van der Waals surface area contributed by atoms with Crippen molar-refractivity contribution in [2.75, 3.05) is 32.7 Å². The second-order valence-corrected chi connectivity index (χ2v) is 8.37. The van der Waals surface area contributed by atoms with Gasteiger partial charge >= 0.3 is 0 Å². The van der Waals surface area contributed by atoms with Crippen molar-refractivity contribution in [2.24, 2.45) is 0 Å². The molecule has 0 N–H and O–H groups in total. The van der Waals surface area contributed by atoms with Gasteiger partial charge < -0.3 is 14.4 Å². The molecule has 0 aliphatic carbocycles. The number of halogens is 1. The zero-order valence-corrected chi connectivity index (χ0v) is 18.6. The first-order valence-electron chi connectivity index (χ1n) is 10.5. The molecule has 1 saturated heterocycles. The summed E-state index contributed by atoms with van der Waals surface area (Å²) in [5, 5.41) is 0.703. The van der Waals surface area contributed by atoms with Crippen molar-refractivity contribution >= 4 is 17.5 Å². The molecule has 1 aromatic heterocycles. The standard InChI is InChI=1S/C25H28ClN3O/c1-4-27-13-15-28(16-14-27)25(30)23-17-24(20-7-9-21(26)10-8-20)29(19(23)3)22-11-5-18(2)6-12-22/h5-12,17H,4,13-16H2,1-3H3. The molecule has 5 heteroatoms. The highest BCUT2D eigenvalue weighted by molar-refractivity contribution is 6.30. The van der Waals surface area contributed by atoms with E-state index in [1.807, 2.05) is 42.2 Å². The van der Waals surface area contributed by atoms with Gasteiger partial charge in [0.1, 0.15) is 0 Å². The van der Waals surface area contributed by atoms with E-state index >= 15 is 0 Å². The molecule has 156 valence electrons. The number of rotatable bonds is 4. The Morgan fingerprint density at radius 3 is 2.17 bits per heavy atom. The van der Waals surface area contributed by atoms with Gasteiger partial charge in [0.25, 0.3) is 5.91 Å². The predicted molar refractivity (Wildman–Crippen MR) is 124 cm³/mol. The molecule has 0 saturated carbocycles. The fourth-order valence-electron chi connectivity index (χ4n) is 4.12. The number of aryl methyl sites for hydroxylation is 1. The lowest BCUT2D eigenvalue weighted by atomic mass is 10.1. The van der Waals surface area contributed by atoms with Crippen LogP contribution >= 0.6 is 11.6 Å². The van der Waals surface area contributed by atoms with Gasteiger partial charge in [-0.3, -0.25) is 4.79 Å². The fraction of sp³-hybridized carbons (Fsp3) is 0.320. The summed E-state index contributed by atoms with van der Waals surface area (Å²) in [6, 6.07) is 18.3. The highest BCUT2D eigenvalue weighted by Gasteiger charge is 2.26. The van der Waals surface area contributed by atoms with E-state index in [1.165, 1.54) is 5.56 Å². The number of carbonyl (C=O) groups is 1. The Balaban J connectivity index is 1.77. The number of likely N-dealkylation sites (N-methyl/N-ethyl adjacent to an activating group) is 1. The summed E-state index contributed by atoms with van der Waals surface area (Å²) in [6.45, 7) is 10.7. The zero-order chi connectivity index (χ0) is 21.3. The Morgan fingerprint density at radius 1 is 0.933 bits per heavy atom. The van der Waals surface area contributed by atoms with E-state index in [4.69, 9.17) is 11.6 Å². The van der Waals surface area contributed by atoms with E-state index in [-0.39, 0.29) is 5.91 Å². The molecule has 1 aliphatic rings. The van der Waals surface area contributed by atoms with Crippen LogP contribution in [0.2, 0.25) is 5.02 Å². The van der Waals surface area contributed by atoms with Crippen LogP contribution in [0.4, 0.5) is 0 Å². The van der Waals surface area contributed by atoms with Crippen molar-refractivity contribution < 1.29 is 4.79 Å². The Morgan fingerprint density at radius 2 is 1.57 bits per heavy atom. The van der Waals surface area contributed by atoms with E-state index in [9.17, 15) is 4.79 Å². The maximum atomic E-state index is 13.4. The lowest BCUT2D eigenvalue weighted by molar-refractivity contribution is 0.0642. The van der Waals surface area contributed by atoms with Gasteiger partial charge in [-0.15, -0.1) is 0 Å². The molecule has 2 heterocycles. The third-order valence-corrected chi connectivity index (χ3v) is 6.27.